The Morgan fingerprint density at radius 3 is 2.40 bits per heavy atom. The maximum atomic E-state index is 10.7. The smallest absolute Gasteiger partial charge is 0.416 e. The highest BCUT2D eigenvalue weighted by Crippen LogP contribution is 2.16. The molecule has 0 unspecified atom stereocenters. The van der Waals surface area contributed by atoms with E-state index in [-0.39, 0.29) is 5.56 Å². The van der Waals surface area contributed by atoms with Crippen LogP contribution < -0.4 is 5.76 Å². The molecule has 0 aliphatic rings. The van der Waals surface area contributed by atoms with Crippen molar-refractivity contribution in [2.45, 2.75) is 0 Å². The Morgan fingerprint density at radius 1 is 1.27 bits per heavy atom. The van der Waals surface area contributed by atoms with Crippen LogP contribution >= 0.6 is 0 Å². The van der Waals surface area contributed by atoms with Gasteiger partial charge in [-0.2, -0.15) is 0 Å². The number of rotatable bonds is 2. The number of oxazole rings is 1. The Balaban J connectivity index is 2.39. The molecule has 76 valence electrons. The van der Waals surface area contributed by atoms with Gasteiger partial charge in [0.15, 0.2) is 0 Å². The number of hydrogen-bond donors (Lipinski definition) is 2. The lowest BCUT2D eigenvalue weighted by molar-refractivity contribution is 0.0697. The zero-order valence-corrected chi connectivity index (χ0v) is 7.56. The second-order valence-electron chi connectivity index (χ2n) is 2.94. The van der Waals surface area contributed by atoms with Crippen LogP contribution in [0.2, 0.25) is 0 Å². The van der Waals surface area contributed by atoms with Gasteiger partial charge in [0.05, 0.1) is 11.3 Å². The zero-order valence-electron chi connectivity index (χ0n) is 7.56. The molecule has 2 aromatic rings. The average Bonchev–Trinajstić information content (AvgIpc) is 2.65. The monoisotopic (exact) mass is 205 g/mol. The fourth-order valence-electron chi connectivity index (χ4n) is 1.21. The lowest BCUT2D eigenvalue weighted by Crippen LogP contribution is -1.96. The maximum absolute atomic E-state index is 10.7. The molecule has 1 heterocycles. The number of benzene rings is 1. The summed E-state index contributed by atoms with van der Waals surface area (Å²) in [5.74, 6) is -1.52. The van der Waals surface area contributed by atoms with Crippen molar-refractivity contribution in [3.8, 4) is 11.3 Å². The minimum absolute atomic E-state index is 0.199. The first kappa shape index (κ1) is 9.26. The van der Waals surface area contributed by atoms with E-state index in [1.54, 1.807) is 12.1 Å². The van der Waals surface area contributed by atoms with Crippen molar-refractivity contribution in [2.24, 2.45) is 0 Å². The SMILES string of the molecule is O=C(O)c1ccc(-c2coc(=O)[nH]2)cc1. The van der Waals surface area contributed by atoms with E-state index in [2.05, 4.69) is 9.40 Å². The van der Waals surface area contributed by atoms with Gasteiger partial charge in [0.2, 0.25) is 0 Å². The molecule has 0 fully saturated rings. The van der Waals surface area contributed by atoms with Gasteiger partial charge in [-0.15, -0.1) is 0 Å². The predicted molar refractivity (Wildman–Crippen MR) is 51.7 cm³/mol. The van der Waals surface area contributed by atoms with Crippen LogP contribution in [0, 0.1) is 0 Å². The van der Waals surface area contributed by atoms with Gasteiger partial charge in [-0.3, -0.25) is 4.98 Å². The van der Waals surface area contributed by atoms with Gasteiger partial charge >= 0.3 is 11.7 Å². The number of aromatic nitrogens is 1. The van der Waals surface area contributed by atoms with Crippen LogP contribution in [0.3, 0.4) is 0 Å². The van der Waals surface area contributed by atoms with E-state index < -0.39 is 11.7 Å². The summed E-state index contributed by atoms with van der Waals surface area (Å²) >= 11 is 0. The van der Waals surface area contributed by atoms with Crippen molar-refractivity contribution in [3.05, 3.63) is 46.6 Å². The van der Waals surface area contributed by atoms with Gasteiger partial charge in [0.25, 0.3) is 0 Å². The normalized spacial score (nSPS) is 10.1. The van der Waals surface area contributed by atoms with E-state index in [4.69, 9.17) is 5.11 Å². The van der Waals surface area contributed by atoms with Gasteiger partial charge in [-0.1, -0.05) is 12.1 Å². The van der Waals surface area contributed by atoms with Gasteiger partial charge in [-0.25, -0.2) is 9.59 Å². The number of aromatic carboxylic acids is 1. The highest BCUT2D eigenvalue weighted by Gasteiger charge is 2.04. The Morgan fingerprint density at radius 2 is 1.93 bits per heavy atom. The van der Waals surface area contributed by atoms with Gasteiger partial charge < -0.3 is 9.52 Å². The summed E-state index contributed by atoms with van der Waals surface area (Å²) in [6, 6.07) is 6.13. The topological polar surface area (TPSA) is 83.3 Å². The van der Waals surface area contributed by atoms with E-state index >= 15 is 0 Å². The van der Waals surface area contributed by atoms with Crippen LogP contribution in [0.4, 0.5) is 0 Å². The predicted octanol–water partition coefficient (Wildman–Crippen LogP) is 1.33. The average molecular weight is 205 g/mol. The van der Waals surface area contributed by atoms with E-state index in [1.165, 1.54) is 18.4 Å². The second kappa shape index (κ2) is 3.45. The molecule has 15 heavy (non-hydrogen) atoms. The molecule has 0 spiro atoms. The Bertz CT molecular complexity index is 535. The molecule has 0 amide bonds. The van der Waals surface area contributed by atoms with Crippen LogP contribution in [0.15, 0.2) is 39.7 Å². The molecular weight excluding hydrogens is 198 g/mol. The molecule has 0 aliphatic carbocycles. The van der Waals surface area contributed by atoms with Crippen molar-refractivity contribution < 1.29 is 14.3 Å². The number of carboxylic acid groups (broad SMARTS) is 1. The number of hydrogen-bond acceptors (Lipinski definition) is 3. The summed E-state index contributed by atoms with van der Waals surface area (Å²) in [7, 11) is 0. The largest absolute Gasteiger partial charge is 0.478 e. The van der Waals surface area contributed by atoms with Crippen LogP contribution in [0.1, 0.15) is 10.4 Å². The van der Waals surface area contributed by atoms with E-state index in [9.17, 15) is 9.59 Å². The number of H-pyrrole nitrogens is 1. The third-order valence-electron chi connectivity index (χ3n) is 1.96. The first-order chi connectivity index (χ1) is 7.16. The van der Waals surface area contributed by atoms with Gasteiger partial charge in [0.1, 0.15) is 6.26 Å². The molecule has 5 nitrogen and oxygen atoms in total. The summed E-state index contributed by atoms with van der Waals surface area (Å²) < 4.78 is 4.57. The van der Waals surface area contributed by atoms with Crippen LogP contribution in [0.25, 0.3) is 11.3 Å². The molecular formula is C10H7NO4. The molecule has 0 atom stereocenters. The third kappa shape index (κ3) is 1.80. The van der Waals surface area contributed by atoms with Crippen LogP contribution in [-0.4, -0.2) is 16.1 Å². The Hall–Kier alpha value is -2.30. The number of carboxylic acids is 1. The Kier molecular flexibility index (Phi) is 2.13. The first-order valence-corrected chi connectivity index (χ1v) is 4.18. The summed E-state index contributed by atoms with van der Waals surface area (Å²) in [4.78, 5) is 23.8. The molecule has 2 N–H and O–H groups in total. The molecule has 0 aliphatic heterocycles. The standard InChI is InChI=1S/C10H7NO4/c12-9(13)7-3-1-6(2-4-7)8-5-15-10(14)11-8/h1-5H,(H,11,14)(H,12,13). The fourth-order valence-corrected chi connectivity index (χ4v) is 1.21. The van der Waals surface area contributed by atoms with E-state index in [0.717, 1.165) is 0 Å². The number of nitrogens with one attached hydrogen (secondary N) is 1. The van der Waals surface area contributed by atoms with Crippen molar-refractivity contribution in [3.63, 3.8) is 0 Å². The van der Waals surface area contributed by atoms with Gasteiger partial charge in [0, 0.05) is 5.56 Å². The third-order valence-corrected chi connectivity index (χ3v) is 1.96. The quantitative estimate of drug-likeness (QED) is 0.774. The van der Waals surface area contributed by atoms with E-state index in [0.29, 0.717) is 11.3 Å². The van der Waals surface area contributed by atoms with Crippen LogP contribution in [0.5, 0.6) is 0 Å². The summed E-state index contributed by atoms with van der Waals surface area (Å²) in [5, 5.41) is 8.67. The molecule has 2 rings (SSSR count). The fraction of sp³-hybridized carbons (Fsp3) is 0. The molecule has 5 heteroatoms. The Labute approximate surface area is 84.0 Å². The first-order valence-electron chi connectivity index (χ1n) is 4.18. The molecule has 0 saturated carbocycles. The molecule has 0 radical (unpaired) electrons. The lowest BCUT2D eigenvalue weighted by atomic mass is 10.1. The van der Waals surface area contributed by atoms with Crippen molar-refractivity contribution >= 4 is 5.97 Å². The highest BCUT2D eigenvalue weighted by molar-refractivity contribution is 5.88. The van der Waals surface area contributed by atoms with Crippen molar-refractivity contribution in [2.75, 3.05) is 0 Å². The lowest BCUT2D eigenvalue weighted by Gasteiger charge is -1.97. The minimum atomic E-state index is -0.984. The van der Waals surface area contributed by atoms with Crippen molar-refractivity contribution in [1.82, 2.24) is 4.98 Å². The summed E-state index contributed by atoms with van der Waals surface area (Å²) in [6.07, 6.45) is 1.29. The highest BCUT2D eigenvalue weighted by atomic mass is 16.4. The number of aromatic amines is 1. The zero-order chi connectivity index (χ0) is 10.8. The molecule has 1 aromatic carbocycles. The van der Waals surface area contributed by atoms with E-state index in [1.807, 2.05) is 0 Å². The van der Waals surface area contributed by atoms with Crippen LogP contribution in [-0.2, 0) is 0 Å². The van der Waals surface area contributed by atoms with Gasteiger partial charge in [-0.05, 0) is 12.1 Å². The summed E-state index contributed by atoms with van der Waals surface area (Å²) in [6.45, 7) is 0. The number of carbonyl (C=O) groups is 1. The molecule has 0 bridgehead atoms. The second-order valence-corrected chi connectivity index (χ2v) is 2.94. The minimum Gasteiger partial charge on any atom is -0.478 e. The molecule has 0 saturated heterocycles. The molecule has 1 aromatic heterocycles. The summed E-state index contributed by atoms with van der Waals surface area (Å²) in [5.41, 5.74) is 1.42. The maximum Gasteiger partial charge on any atom is 0.416 e. The van der Waals surface area contributed by atoms with Crippen molar-refractivity contribution in [1.29, 1.82) is 0 Å².